The highest BCUT2D eigenvalue weighted by Crippen LogP contribution is 2.25. The summed E-state index contributed by atoms with van der Waals surface area (Å²) in [5.74, 6) is -1.37. The first-order chi connectivity index (χ1) is 9.88. The van der Waals surface area contributed by atoms with Crippen molar-refractivity contribution in [2.24, 2.45) is 0 Å². The average molecular weight is 311 g/mol. The minimum Gasteiger partial charge on any atom is -0.479 e. The van der Waals surface area contributed by atoms with Gasteiger partial charge in [-0.2, -0.15) is 5.43 Å². The van der Waals surface area contributed by atoms with Crippen LogP contribution in [0, 0.1) is 6.92 Å². The number of ether oxygens (including phenoxy) is 1. The van der Waals surface area contributed by atoms with E-state index in [2.05, 4.69) is 5.43 Å². The van der Waals surface area contributed by atoms with E-state index < -0.39 is 18.3 Å². The van der Waals surface area contributed by atoms with Gasteiger partial charge >= 0.3 is 5.97 Å². The number of nitrogens with one attached hydrogen (secondary N) is 1. The number of carboxylic acid groups (broad SMARTS) is 1. The van der Waals surface area contributed by atoms with Crippen molar-refractivity contribution in [3.8, 4) is 0 Å². The Labute approximate surface area is 126 Å². The number of rotatable bonds is 4. The van der Waals surface area contributed by atoms with Crippen molar-refractivity contribution in [1.29, 1.82) is 0 Å². The summed E-state index contributed by atoms with van der Waals surface area (Å²) in [6, 6.07) is 5.17. The topological polar surface area (TPSA) is 78.9 Å². The Morgan fingerprint density at radius 3 is 2.90 bits per heavy atom. The maximum absolute atomic E-state index is 12.0. The van der Waals surface area contributed by atoms with Crippen LogP contribution in [-0.4, -0.2) is 29.3 Å². The van der Waals surface area contributed by atoms with Crippen LogP contribution in [0.25, 0.3) is 0 Å². The van der Waals surface area contributed by atoms with Crippen LogP contribution in [0.1, 0.15) is 12.5 Å². The number of carbonyl (C=O) groups is 2. The lowest BCUT2D eigenvalue weighted by molar-refractivity contribution is -0.152. The SMILES string of the molecule is Cc1ccc(Cl)cc1N1NC(OC(C)C(=O)O)C=CC1=O. The molecule has 0 saturated carbocycles. The Morgan fingerprint density at radius 2 is 2.24 bits per heavy atom. The number of carboxylic acids is 1. The number of hydrogen-bond acceptors (Lipinski definition) is 4. The zero-order chi connectivity index (χ0) is 15.6. The van der Waals surface area contributed by atoms with Gasteiger partial charge in [0.1, 0.15) is 6.23 Å². The highest BCUT2D eigenvalue weighted by molar-refractivity contribution is 6.31. The summed E-state index contributed by atoms with van der Waals surface area (Å²) >= 11 is 5.95. The van der Waals surface area contributed by atoms with Gasteiger partial charge in [-0.3, -0.25) is 4.79 Å². The average Bonchev–Trinajstić information content (AvgIpc) is 2.43. The molecule has 2 rings (SSSR count). The molecule has 21 heavy (non-hydrogen) atoms. The minimum absolute atomic E-state index is 0.289. The second kappa shape index (κ2) is 6.26. The quantitative estimate of drug-likeness (QED) is 0.887. The van der Waals surface area contributed by atoms with E-state index in [0.29, 0.717) is 10.7 Å². The highest BCUT2D eigenvalue weighted by Gasteiger charge is 2.26. The molecule has 0 aliphatic carbocycles. The number of hydrazine groups is 1. The molecule has 112 valence electrons. The van der Waals surface area contributed by atoms with Gasteiger partial charge in [0.05, 0.1) is 5.69 Å². The van der Waals surface area contributed by atoms with E-state index in [1.165, 1.54) is 24.1 Å². The second-order valence-corrected chi connectivity index (χ2v) is 5.07. The van der Waals surface area contributed by atoms with Crippen LogP contribution in [0.3, 0.4) is 0 Å². The third-order valence-corrected chi connectivity index (χ3v) is 3.24. The van der Waals surface area contributed by atoms with Crippen LogP contribution < -0.4 is 10.4 Å². The molecule has 7 heteroatoms. The summed E-state index contributed by atoms with van der Waals surface area (Å²) in [5.41, 5.74) is 4.27. The Morgan fingerprint density at radius 1 is 1.52 bits per heavy atom. The molecule has 0 saturated heterocycles. The molecule has 1 heterocycles. The second-order valence-electron chi connectivity index (χ2n) is 4.63. The van der Waals surface area contributed by atoms with E-state index in [4.69, 9.17) is 21.4 Å². The van der Waals surface area contributed by atoms with Gasteiger partial charge in [0.25, 0.3) is 5.91 Å². The maximum atomic E-state index is 12.0. The zero-order valence-corrected chi connectivity index (χ0v) is 12.3. The first-order valence-corrected chi connectivity index (χ1v) is 6.69. The van der Waals surface area contributed by atoms with Crippen molar-refractivity contribution in [2.45, 2.75) is 26.2 Å². The molecule has 1 aromatic rings. The van der Waals surface area contributed by atoms with Crippen LogP contribution in [-0.2, 0) is 14.3 Å². The Hall–Kier alpha value is -1.89. The van der Waals surface area contributed by atoms with Crippen molar-refractivity contribution in [3.05, 3.63) is 40.9 Å². The van der Waals surface area contributed by atoms with Crippen LogP contribution in [0.15, 0.2) is 30.4 Å². The summed E-state index contributed by atoms with van der Waals surface area (Å²) < 4.78 is 5.30. The Balaban J connectivity index is 2.21. The van der Waals surface area contributed by atoms with Crippen molar-refractivity contribution < 1.29 is 19.4 Å². The first kappa shape index (κ1) is 15.5. The number of benzene rings is 1. The van der Waals surface area contributed by atoms with Crippen LogP contribution in [0.5, 0.6) is 0 Å². The van der Waals surface area contributed by atoms with Crippen LogP contribution in [0.2, 0.25) is 5.02 Å². The number of carbonyl (C=O) groups excluding carboxylic acids is 1. The summed E-state index contributed by atoms with van der Waals surface area (Å²) in [4.78, 5) is 22.8. The standard InChI is InChI=1S/C14H15ClN2O4/c1-8-3-4-10(15)7-11(8)17-13(18)6-5-12(16-17)21-9(2)14(19)20/h3-7,9,12,16H,1-2H3,(H,19,20). The highest BCUT2D eigenvalue weighted by atomic mass is 35.5. The fourth-order valence-electron chi connectivity index (χ4n) is 1.84. The number of hydrogen-bond donors (Lipinski definition) is 2. The lowest BCUT2D eigenvalue weighted by Crippen LogP contribution is -2.52. The molecule has 2 unspecified atom stereocenters. The summed E-state index contributed by atoms with van der Waals surface area (Å²) in [5, 5.41) is 10.6. The Bertz CT molecular complexity index is 603. The molecule has 0 bridgehead atoms. The van der Waals surface area contributed by atoms with Crippen LogP contribution >= 0.6 is 11.6 Å². The van der Waals surface area contributed by atoms with Gasteiger partial charge < -0.3 is 9.84 Å². The van der Waals surface area contributed by atoms with Gasteiger partial charge in [0.15, 0.2) is 6.10 Å². The fraction of sp³-hybridized carbons (Fsp3) is 0.286. The van der Waals surface area contributed by atoms with Gasteiger partial charge in [-0.25, -0.2) is 9.80 Å². The molecule has 1 aromatic carbocycles. The van der Waals surface area contributed by atoms with Gasteiger partial charge in [0.2, 0.25) is 0 Å². The molecule has 0 radical (unpaired) electrons. The van der Waals surface area contributed by atoms with Crippen LogP contribution in [0.4, 0.5) is 5.69 Å². The monoisotopic (exact) mass is 310 g/mol. The summed E-state index contributed by atoms with van der Waals surface area (Å²) in [6.45, 7) is 3.26. The van der Waals surface area contributed by atoms with E-state index in [1.807, 2.05) is 6.92 Å². The fourth-order valence-corrected chi connectivity index (χ4v) is 2.01. The molecule has 0 aromatic heterocycles. The van der Waals surface area contributed by atoms with Gasteiger partial charge in [-0.1, -0.05) is 17.7 Å². The number of nitrogens with zero attached hydrogens (tertiary/aromatic N) is 1. The first-order valence-electron chi connectivity index (χ1n) is 6.31. The predicted molar refractivity (Wildman–Crippen MR) is 77.9 cm³/mol. The lowest BCUT2D eigenvalue weighted by Gasteiger charge is -2.31. The molecule has 2 N–H and O–H groups in total. The van der Waals surface area contributed by atoms with Crippen molar-refractivity contribution in [2.75, 3.05) is 5.01 Å². The molecular formula is C14H15ClN2O4. The molecule has 1 amide bonds. The molecule has 1 aliphatic heterocycles. The number of aryl methyl sites for hydroxylation is 1. The molecule has 2 atom stereocenters. The van der Waals surface area contributed by atoms with Gasteiger partial charge in [0, 0.05) is 11.1 Å². The van der Waals surface area contributed by atoms with Gasteiger partial charge in [-0.15, -0.1) is 0 Å². The van der Waals surface area contributed by atoms with E-state index >= 15 is 0 Å². The van der Waals surface area contributed by atoms with E-state index in [1.54, 1.807) is 18.2 Å². The molecular weight excluding hydrogens is 296 g/mol. The maximum Gasteiger partial charge on any atom is 0.332 e. The van der Waals surface area contributed by atoms with E-state index in [0.717, 1.165) is 5.56 Å². The minimum atomic E-state index is -1.08. The van der Waals surface area contributed by atoms with E-state index in [9.17, 15) is 9.59 Å². The molecule has 1 aliphatic rings. The Kier molecular flexibility index (Phi) is 4.62. The predicted octanol–water partition coefficient (Wildman–Crippen LogP) is 1.87. The molecule has 0 spiro atoms. The molecule has 0 fully saturated rings. The zero-order valence-electron chi connectivity index (χ0n) is 11.5. The van der Waals surface area contributed by atoms with E-state index in [-0.39, 0.29) is 5.91 Å². The van der Waals surface area contributed by atoms with Crippen molar-refractivity contribution in [3.63, 3.8) is 0 Å². The number of aliphatic carboxylic acids is 1. The smallest absolute Gasteiger partial charge is 0.332 e. The number of amides is 1. The summed E-state index contributed by atoms with van der Waals surface area (Å²) in [6.07, 6.45) is 1.09. The third-order valence-electron chi connectivity index (χ3n) is 3.00. The summed E-state index contributed by atoms with van der Waals surface area (Å²) in [7, 11) is 0. The number of halogens is 1. The third kappa shape index (κ3) is 3.60. The molecule has 6 nitrogen and oxygen atoms in total. The van der Waals surface area contributed by atoms with Crippen molar-refractivity contribution in [1.82, 2.24) is 5.43 Å². The largest absolute Gasteiger partial charge is 0.479 e. The number of anilines is 1. The van der Waals surface area contributed by atoms with Crippen molar-refractivity contribution >= 4 is 29.2 Å². The lowest BCUT2D eigenvalue weighted by atomic mass is 10.2. The normalized spacial score (nSPS) is 19.7. The van der Waals surface area contributed by atoms with Gasteiger partial charge in [-0.05, 0) is 37.6 Å².